The summed E-state index contributed by atoms with van der Waals surface area (Å²) in [5.74, 6) is -2.79. The summed E-state index contributed by atoms with van der Waals surface area (Å²) < 4.78 is 9.47. The van der Waals surface area contributed by atoms with Crippen molar-refractivity contribution in [2.45, 2.75) is 0 Å². The number of ether oxygens (including phenoxy) is 2. The number of nitrogen functional groups attached to an aromatic ring is 4. The molecule has 10 N–H and O–H groups in total. The number of aromatic nitrogens is 2. The summed E-state index contributed by atoms with van der Waals surface area (Å²) in [5.41, 5.74) is 25.1. The number of rotatable bonds is 4. The van der Waals surface area contributed by atoms with Crippen LogP contribution < -0.4 is 43.4 Å². The van der Waals surface area contributed by atoms with Crippen LogP contribution in [0.4, 0.5) is 32.9 Å². The number of nitrogens with one attached hydrogen (secondary N) is 2. The average Bonchev–Trinajstić information content (AvgIpc) is 2.73. The zero-order valence-electron chi connectivity index (χ0n) is 15.9. The molecular formula is C16H16N8O8. The number of hydrogen-bond acceptors (Lipinski definition) is 14. The van der Waals surface area contributed by atoms with Gasteiger partial charge >= 0.3 is 24.1 Å². The maximum absolute atomic E-state index is 11.5. The molecule has 2 rings (SSSR count). The zero-order chi connectivity index (χ0) is 23.7. The van der Waals surface area contributed by atoms with Gasteiger partial charge in [-0.2, -0.15) is 0 Å². The van der Waals surface area contributed by atoms with Crippen molar-refractivity contribution in [2.24, 2.45) is 0 Å². The van der Waals surface area contributed by atoms with E-state index in [2.05, 4.69) is 19.6 Å². The second-order valence-electron chi connectivity index (χ2n) is 5.40. The molecule has 168 valence electrons. The third-order valence-electron chi connectivity index (χ3n) is 3.05. The molecule has 16 heteroatoms. The topological polar surface area (TPSA) is 259 Å². The first kappa shape index (κ1) is 23.0. The first-order valence-corrected chi connectivity index (χ1v) is 8.23. The van der Waals surface area contributed by atoms with Crippen molar-refractivity contribution in [1.29, 1.82) is 0 Å². The highest BCUT2D eigenvalue weighted by atomic mass is 16.7. The lowest BCUT2D eigenvalue weighted by Gasteiger charge is -2.07. The number of amides is 2. The largest absolute Gasteiger partial charge is 0.446 e. The lowest BCUT2D eigenvalue weighted by Crippen LogP contribution is -2.30. The highest BCUT2D eigenvalue weighted by Crippen LogP contribution is 2.20. The van der Waals surface area contributed by atoms with Gasteiger partial charge in [0.1, 0.15) is 11.6 Å². The Balaban J connectivity index is 1.71. The van der Waals surface area contributed by atoms with Gasteiger partial charge in [0.15, 0.2) is 23.1 Å². The quantitative estimate of drug-likeness (QED) is 0.246. The molecule has 16 nitrogen and oxygen atoms in total. The fourth-order valence-corrected chi connectivity index (χ4v) is 1.76. The molecule has 0 radical (unpaired) electrons. The van der Waals surface area contributed by atoms with Crippen LogP contribution in [0.1, 0.15) is 0 Å². The number of hydrogen-bond donors (Lipinski definition) is 6. The average molecular weight is 448 g/mol. The summed E-state index contributed by atoms with van der Waals surface area (Å²) >= 11 is 0. The van der Waals surface area contributed by atoms with Crippen LogP contribution >= 0.6 is 0 Å². The smallest absolute Gasteiger partial charge is 0.404 e. The van der Waals surface area contributed by atoms with E-state index in [9.17, 15) is 19.2 Å². The van der Waals surface area contributed by atoms with Gasteiger partial charge in [-0.05, 0) is 24.3 Å². The van der Waals surface area contributed by atoms with E-state index in [0.717, 1.165) is 0 Å². The van der Waals surface area contributed by atoms with Gasteiger partial charge in [0.2, 0.25) is 0 Å². The van der Waals surface area contributed by atoms with Gasteiger partial charge in [0.25, 0.3) is 0 Å². The molecule has 0 aliphatic rings. The molecule has 0 bridgehead atoms. The van der Waals surface area contributed by atoms with E-state index in [-0.39, 0.29) is 34.8 Å². The first-order chi connectivity index (χ1) is 15.1. The van der Waals surface area contributed by atoms with E-state index in [1.165, 1.54) is 24.3 Å². The summed E-state index contributed by atoms with van der Waals surface area (Å²) in [6, 6.07) is 5.19. The molecule has 0 unspecified atom stereocenters. The normalized spacial score (nSPS) is 10.1. The predicted molar refractivity (Wildman–Crippen MR) is 106 cm³/mol. The van der Waals surface area contributed by atoms with Crippen molar-refractivity contribution in [2.75, 3.05) is 22.9 Å². The van der Waals surface area contributed by atoms with Gasteiger partial charge in [-0.25, -0.2) is 29.1 Å². The number of nitrogens with two attached hydrogens (primary N) is 4. The molecule has 0 fully saturated rings. The maximum atomic E-state index is 11.5. The van der Waals surface area contributed by atoms with Crippen molar-refractivity contribution in [1.82, 2.24) is 20.9 Å². The minimum Gasteiger partial charge on any atom is -0.404 e. The van der Waals surface area contributed by atoms with Crippen LogP contribution in [0.25, 0.3) is 0 Å². The SMILES string of the molecule is Nc1ccc(OC(=O)NOC(=O)/C=C\C(=O)ONC(=O)Oc2ccc(N)nc2N)c(N)n1. The Kier molecular flexibility index (Phi) is 7.54. The molecule has 0 saturated heterocycles. The van der Waals surface area contributed by atoms with Gasteiger partial charge in [-0.1, -0.05) is 0 Å². The second kappa shape index (κ2) is 10.5. The highest BCUT2D eigenvalue weighted by molar-refractivity contribution is 5.92. The van der Waals surface area contributed by atoms with Crippen LogP contribution in [0.3, 0.4) is 0 Å². The number of pyridine rings is 2. The van der Waals surface area contributed by atoms with Gasteiger partial charge in [0, 0.05) is 12.2 Å². The summed E-state index contributed by atoms with van der Waals surface area (Å²) in [6.07, 6.45) is -1.27. The molecule has 0 aliphatic carbocycles. The molecule has 2 heterocycles. The van der Waals surface area contributed by atoms with Crippen molar-refractivity contribution >= 4 is 47.4 Å². The fourth-order valence-electron chi connectivity index (χ4n) is 1.76. The van der Waals surface area contributed by atoms with E-state index < -0.39 is 24.1 Å². The Morgan fingerprint density at radius 3 is 1.41 bits per heavy atom. The van der Waals surface area contributed by atoms with Crippen LogP contribution in [0.2, 0.25) is 0 Å². The summed E-state index contributed by atoms with van der Waals surface area (Å²) in [5, 5.41) is 0. The maximum Gasteiger partial charge on any atom is 0.446 e. The van der Waals surface area contributed by atoms with Crippen LogP contribution in [-0.4, -0.2) is 34.1 Å². The van der Waals surface area contributed by atoms with E-state index >= 15 is 0 Å². The molecule has 0 spiro atoms. The monoisotopic (exact) mass is 448 g/mol. The number of carbonyl (C=O) groups is 4. The Labute approximate surface area is 178 Å². The fraction of sp³-hybridized carbons (Fsp3) is 0. The second-order valence-corrected chi connectivity index (χ2v) is 5.40. The third kappa shape index (κ3) is 7.28. The van der Waals surface area contributed by atoms with Gasteiger partial charge in [0.05, 0.1) is 0 Å². The molecular weight excluding hydrogens is 432 g/mol. The lowest BCUT2D eigenvalue weighted by atomic mass is 10.4. The molecule has 2 aromatic heterocycles. The number of nitrogens with zero attached hydrogens (tertiary/aromatic N) is 2. The molecule has 0 saturated carbocycles. The van der Waals surface area contributed by atoms with Gasteiger partial charge < -0.3 is 42.1 Å². The highest BCUT2D eigenvalue weighted by Gasteiger charge is 2.12. The van der Waals surface area contributed by atoms with Crippen molar-refractivity contribution in [3.8, 4) is 11.5 Å². The summed E-state index contributed by atoms with van der Waals surface area (Å²) in [7, 11) is 0. The Morgan fingerprint density at radius 1 is 0.688 bits per heavy atom. The molecule has 2 aromatic rings. The Bertz CT molecular complexity index is 990. The molecule has 0 aliphatic heterocycles. The van der Waals surface area contributed by atoms with Crippen molar-refractivity contribution < 1.29 is 38.3 Å². The van der Waals surface area contributed by atoms with E-state index in [4.69, 9.17) is 32.4 Å². The van der Waals surface area contributed by atoms with Gasteiger partial charge in [-0.15, -0.1) is 11.0 Å². The standard InChI is InChI=1S/C16H16N8O8/c17-9-3-1-7(13(19)21-9)29-15(27)23-31-11(25)5-6-12(26)32-24-16(28)30-8-2-4-10(18)22-14(8)20/h1-6H,(H,23,27)(H,24,28)(H4,17,19,21)(H4,18,20,22)/b6-5-. The first-order valence-electron chi connectivity index (χ1n) is 8.23. The van der Waals surface area contributed by atoms with Gasteiger partial charge in [-0.3, -0.25) is 0 Å². The molecule has 32 heavy (non-hydrogen) atoms. The van der Waals surface area contributed by atoms with E-state index in [0.29, 0.717) is 12.2 Å². The van der Waals surface area contributed by atoms with Crippen LogP contribution in [0.5, 0.6) is 11.5 Å². The molecule has 0 atom stereocenters. The Morgan fingerprint density at radius 2 is 1.06 bits per heavy atom. The Hall–Kier alpha value is -5.28. The molecule has 2 amide bonds. The minimum absolute atomic E-state index is 0.104. The summed E-state index contributed by atoms with van der Waals surface area (Å²) in [6.45, 7) is 0. The van der Waals surface area contributed by atoms with Crippen LogP contribution in [-0.2, 0) is 19.3 Å². The lowest BCUT2D eigenvalue weighted by molar-refractivity contribution is -0.145. The molecule has 0 aromatic carbocycles. The number of carbonyl (C=O) groups excluding carboxylic acids is 4. The minimum atomic E-state index is -1.21. The summed E-state index contributed by atoms with van der Waals surface area (Å²) in [4.78, 5) is 62.0. The zero-order valence-corrected chi connectivity index (χ0v) is 15.9. The predicted octanol–water partition coefficient (Wildman–Crippen LogP) is -0.845. The van der Waals surface area contributed by atoms with E-state index in [1.54, 1.807) is 11.0 Å². The van der Waals surface area contributed by atoms with Crippen molar-refractivity contribution in [3.63, 3.8) is 0 Å². The number of hydroxylamine groups is 2. The third-order valence-corrected chi connectivity index (χ3v) is 3.05. The van der Waals surface area contributed by atoms with Crippen molar-refractivity contribution in [3.05, 3.63) is 36.4 Å². The van der Waals surface area contributed by atoms with Crippen LogP contribution in [0.15, 0.2) is 36.4 Å². The van der Waals surface area contributed by atoms with Crippen LogP contribution in [0, 0.1) is 0 Å². The number of anilines is 4. The van der Waals surface area contributed by atoms with E-state index in [1.807, 2.05) is 0 Å².